The van der Waals surface area contributed by atoms with Crippen LogP contribution >= 0.6 is 0 Å². The molecule has 176 valence electrons. The van der Waals surface area contributed by atoms with Crippen molar-refractivity contribution in [2.75, 3.05) is 7.11 Å². The van der Waals surface area contributed by atoms with Crippen LogP contribution in [-0.2, 0) is 13.2 Å². The summed E-state index contributed by atoms with van der Waals surface area (Å²) in [5.74, 6) is 1.83. The Hall–Kier alpha value is -4.13. The normalized spacial score (nSPS) is 13.4. The Bertz CT molecular complexity index is 1550. The molecule has 0 unspecified atom stereocenters. The van der Waals surface area contributed by atoms with Crippen molar-refractivity contribution in [1.82, 2.24) is 18.9 Å². The number of aryl methyl sites for hydroxylation is 1. The number of aromatic nitrogens is 4. The Morgan fingerprint density at radius 2 is 1.89 bits per heavy atom. The maximum absolute atomic E-state index is 11.4. The van der Waals surface area contributed by atoms with Crippen LogP contribution in [0.25, 0.3) is 28.1 Å². The van der Waals surface area contributed by atoms with Gasteiger partial charge in [-0.3, -0.25) is 9.20 Å². The van der Waals surface area contributed by atoms with E-state index in [9.17, 15) is 4.79 Å². The van der Waals surface area contributed by atoms with Gasteiger partial charge in [-0.05, 0) is 49.4 Å². The Morgan fingerprint density at radius 1 is 1.06 bits per heavy atom. The summed E-state index contributed by atoms with van der Waals surface area (Å²) < 4.78 is 15.8. The van der Waals surface area contributed by atoms with Crippen molar-refractivity contribution in [3.05, 3.63) is 77.5 Å². The third kappa shape index (κ3) is 3.93. The molecule has 35 heavy (non-hydrogen) atoms. The summed E-state index contributed by atoms with van der Waals surface area (Å²) >= 11 is 0. The number of fused-ring (bicyclic) bond motifs is 2. The number of ether oxygens (including phenoxy) is 2. The predicted octanol–water partition coefficient (Wildman–Crippen LogP) is 5.47. The van der Waals surface area contributed by atoms with Gasteiger partial charge in [-0.15, -0.1) is 0 Å². The fourth-order valence-electron chi connectivity index (χ4n) is 4.62. The number of hydrogen-bond donors (Lipinski definition) is 0. The quantitative estimate of drug-likeness (QED) is 0.284. The lowest BCUT2D eigenvalue weighted by atomic mass is 10.2. The second kappa shape index (κ2) is 8.58. The van der Waals surface area contributed by atoms with Crippen molar-refractivity contribution in [3.8, 4) is 23.1 Å². The zero-order chi connectivity index (χ0) is 23.9. The molecule has 4 aromatic heterocycles. The monoisotopic (exact) mass is 466 g/mol. The first-order valence-corrected chi connectivity index (χ1v) is 11.8. The van der Waals surface area contributed by atoms with Crippen LogP contribution in [0.3, 0.4) is 0 Å². The number of hydrogen-bond acceptors (Lipinski definition) is 5. The number of pyridine rings is 2. The van der Waals surface area contributed by atoms with E-state index in [4.69, 9.17) is 19.4 Å². The number of carbonyl (C=O) groups is 1. The maximum Gasteiger partial charge on any atom is 0.215 e. The van der Waals surface area contributed by atoms with Crippen LogP contribution in [0.1, 0.15) is 34.5 Å². The average Bonchev–Trinajstić information content (AvgIpc) is 3.57. The van der Waals surface area contributed by atoms with Crippen molar-refractivity contribution in [1.29, 1.82) is 0 Å². The highest BCUT2D eigenvalue weighted by molar-refractivity contribution is 5.85. The van der Waals surface area contributed by atoms with Crippen molar-refractivity contribution in [3.63, 3.8) is 0 Å². The van der Waals surface area contributed by atoms with Crippen LogP contribution in [-0.4, -0.2) is 32.3 Å². The predicted molar refractivity (Wildman–Crippen MR) is 134 cm³/mol. The molecular formula is C28H26N4O3. The summed E-state index contributed by atoms with van der Waals surface area (Å²) in [6.45, 7) is 3.39. The first kappa shape index (κ1) is 21.4. The molecule has 0 atom stereocenters. The number of nitrogens with zero attached hydrogens (tertiary/aromatic N) is 4. The van der Waals surface area contributed by atoms with Crippen LogP contribution < -0.4 is 9.47 Å². The molecule has 6 rings (SSSR count). The molecule has 1 aromatic carbocycles. The molecule has 1 aliphatic rings. The number of carbonyl (C=O) groups excluding carboxylic acids is 1. The first-order valence-electron chi connectivity index (χ1n) is 11.8. The van der Waals surface area contributed by atoms with Gasteiger partial charge in [0.15, 0.2) is 5.88 Å². The van der Waals surface area contributed by atoms with E-state index < -0.39 is 0 Å². The molecule has 0 saturated heterocycles. The lowest BCUT2D eigenvalue weighted by Crippen LogP contribution is -2.05. The molecule has 1 fully saturated rings. The standard InChI is InChI=1S/C28H26N4O3/c1-18-27(29-24-12-21(16-33)13-26(34-2)32(18)24)23-14-22-10-11-25(35-17-20-6-4-3-5-7-20)30-28(22)31(23)15-19-8-9-19/h3-7,10-14,16,19H,8-9,15,17H2,1-2H3. The molecule has 0 radical (unpaired) electrons. The van der Waals surface area contributed by atoms with Gasteiger partial charge in [-0.1, -0.05) is 30.3 Å². The molecule has 0 spiro atoms. The van der Waals surface area contributed by atoms with E-state index in [1.807, 2.05) is 47.7 Å². The maximum atomic E-state index is 11.4. The van der Waals surface area contributed by atoms with Crippen LogP contribution in [0.5, 0.6) is 11.8 Å². The molecule has 1 saturated carbocycles. The molecule has 0 aliphatic heterocycles. The van der Waals surface area contributed by atoms with E-state index in [0.29, 0.717) is 35.5 Å². The van der Waals surface area contributed by atoms with E-state index in [0.717, 1.165) is 46.5 Å². The van der Waals surface area contributed by atoms with Gasteiger partial charge in [0.1, 0.15) is 29.9 Å². The SMILES string of the molecule is COc1cc(C=O)cc2nc(-c3cc4ccc(OCc5ccccc5)nc4n3CC3CC3)c(C)n12. The summed E-state index contributed by atoms with van der Waals surface area (Å²) in [5.41, 5.74) is 6.04. The highest BCUT2D eigenvalue weighted by atomic mass is 16.5. The zero-order valence-corrected chi connectivity index (χ0v) is 19.8. The second-order valence-electron chi connectivity index (χ2n) is 9.11. The summed E-state index contributed by atoms with van der Waals surface area (Å²) in [4.78, 5) is 21.3. The summed E-state index contributed by atoms with van der Waals surface area (Å²) in [5, 5.41) is 1.05. The molecule has 0 N–H and O–H groups in total. The zero-order valence-electron chi connectivity index (χ0n) is 19.8. The minimum Gasteiger partial charge on any atom is -0.482 e. The highest BCUT2D eigenvalue weighted by Gasteiger charge is 2.26. The van der Waals surface area contributed by atoms with Gasteiger partial charge < -0.3 is 14.0 Å². The number of rotatable bonds is 8. The third-order valence-corrected chi connectivity index (χ3v) is 6.61. The Morgan fingerprint density at radius 3 is 2.63 bits per heavy atom. The Labute approximate surface area is 203 Å². The average molecular weight is 467 g/mol. The van der Waals surface area contributed by atoms with E-state index >= 15 is 0 Å². The smallest absolute Gasteiger partial charge is 0.215 e. The van der Waals surface area contributed by atoms with Gasteiger partial charge in [-0.25, -0.2) is 4.98 Å². The second-order valence-corrected chi connectivity index (χ2v) is 9.11. The number of benzene rings is 1. The van der Waals surface area contributed by atoms with Crippen LogP contribution in [0.15, 0.2) is 60.7 Å². The fraction of sp³-hybridized carbons (Fsp3) is 0.250. The molecule has 0 amide bonds. The first-order chi connectivity index (χ1) is 17.1. The Balaban J connectivity index is 1.45. The molecule has 5 aromatic rings. The van der Waals surface area contributed by atoms with Gasteiger partial charge >= 0.3 is 0 Å². The van der Waals surface area contributed by atoms with Gasteiger partial charge in [0, 0.05) is 29.6 Å². The summed E-state index contributed by atoms with van der Waals surface area (Å²) in [6.07, 6.45) is 3.27. The van der Waals surface area contributed by atoms with Crippen molar-refractivity contribution >= 4 is 23.0 Å². The van der Waals surface area contributed by atoms with Gasteiger partial charge in [0.25, 0.3) is 0 Å². The van der Waals surface area contributed by atoms with Gasteiger partial charge in [0.05, 0.1) is 18.5 Å². The van der Waals surface area contributed by atoms with Crippen LogP contribution in [0.2, 0.25) is 0 Å². The van der Waals surface area contributed by atoms with Crippen molar-refractivity contribution < 1.29 is 14.3 Å². The van der Waals surface area contributed by atoms with E-state index in [1.165, 1.54) is 12.8 Å². The van der Waals surface area contributed by atoms with Crippen LogP contribution in [0, 0.1) is 12.8 Å². The number of imidazole rings is 1. The summed E-state index contributed by atoms with van der Waals surface area (Å²) in [6, 6.07) is 19.7. The number of methoxy groups -OCH3 is 1. The minimum absolute atomic E-state index is 0.472. The van der Waals surface area contributed by atoms with Crippen LogP contribution in [0.4, 0.5) is 0 Å². The molecule has 4 heterocycles. The topological polar surface area (TPSA) is 70.7 Å². The third-order valence-electron chi connectivity index (χ3n) is 6.61. The van der Waals surface area contributed by atoms with E-state index in [-0.39, 0.29) is 0 Å². The largest absolute Gasteiger partial charge is 0.482 e. The minimum atomic E-state index is 0.472. The fourth-order valence-corrected chi connectivity index (χ4v) is 4.62. The molecule has 1 aliphatic carbocycles. The number of aldehydes is 1. The lowest BCUT2D eigenvalue weighted by molar-refractivity contribution is 0.112. The van der Waals surface area contributed by atoms with E-state index in [2.05, 4.69) is 16.7 Å². The van der Waals surface area contributed by atoms with E-state index in [1.54, 1.807) is 19.2 Å². The highest BCUT2D eigenvalue weighted by Crippen LogP contribution is 2.37. The van der Waals surface area contributed by atoms with Gasteiger partial charge in [0.2, 0.25) is 5.88 Å². The molecule has 7 heteroatoms. The van der Waals surface area contributed by atoms with Crippen molar-refractivity contribution in [2.24, 2.45) is 5.92 Å². The molecular weight excluding hydrogens is 440 g/mol. The van der Waals surface area contributed by atoms with Crippen molar-refractivity contribution in [2.45, 2.75) is 32.9 Å². The molecule has 0 bridgehead atoms. The molecule has 7 nitrogen and oxygen atoms in total. The lowest BCUT2D eigenvalue weighted by Gasteiger charge is -2.10. The summed E-state index contributed by atoms with van der Waals surface area (Å²) in [7, 11) is 1.60. The Kier molecular flexibility index (Phi) is 5.25. The van der Waals surface area contributed by atoms with Gasteiger partial charge in [-0.2, -0.15) is 4.98 Å².